The van der Waals surface area contributed by atoms with E-state index in [9.17, 15) is 10.1 Å². The molecular formula is C9H13N3O4. The zero-order valence-corrected chi connectivity index (χ0v) is 8.75. The van der Waals surface area contributed by atoms with Crippen molar-refractivity contribution in [2.75, 3.05) is 18.5 Å². The largest absolute Gasteiger partial charge is 0.394 e. The van der Waals surface area contributed by atoms with Crippen molar-refractivity contribution in [3.8, 4) is 0 Å². The topological polar surface area (TPSA) is 109 Å². The van der Waals surface area contributed by atoms with Gasteiger partial charge in [0.25, 0.3) is 5.69 Å². The first-order valence-corrected chi connectivity index (χ1v) is 4.68. The Kier molecular flexibility index (Phi) is 4.15. The molecule has 0 saturated carbocycles. The summed E-state index contributed by atoms with van der Waals surface area (Å²) in [7, 11) is 0. The van der Waals surface area contributed by atoms with Crippen LogP contribution in [-0.4, -0.2) is 39.4 Å². The molecule has 0 spiro atoms. The number of anilines is 1. The molecule has 0 aliphatic rings. The van der Waals surface area contributed by atoms with Crippen molar-refractivity contribution in [2.45, 2.75) is 13.0 Å². The molecule has 88 valence electrons. The maximum absolute atomic E-state index is 10.5. The van der Waals surface area contributed by atoms with Crippen LogP contribution in [0.25, 0.3) is 0 Å². The van der Waals surface area contributed by atoms with Crippen molar-refractivity contribution in [1.29, 1.82) is 0 Å². The lowest BCUT2D eigenvalue weighted by Gasteiger charge is -2.13. The summed E-state index contributed by atoms with van der Waals surface area (Å²) in [5.74, 6) is 0.385. The average Bonchev–Trinajstić information content (AvgIpc) is 2.25. The Balaban J connectivity index is 2.84. The van der Waals surface area contributed by atoms with Crippen LogP contribution in [0.2, 0.25) is 0 Å². The van der Waals surface area contributed by atoms with Crippen LogP contribution in [0.15, 0.2) is 12.1 Å². The predicted molar refractivity (Wildman–Crippen MR) is 57.2 cm³/mol. The van der Waals surface area contributed by atoms with Gasteiger partial charge in [-0.15, -0.1) is 0 Å². The average molecular weight is 227 g/mol. The fourth-order valence-corrected chi connectivity index (χ4v) is 1.19. The molecule has 0 radical (unpaired) electrons. The van der Waals surface area contributed by atoms with Crippen LogP contribution in [0.1, 0.15) is 5.69 Å². The number of rotatable bonds is 5. The summed E-state index contributed by atoms with van der Waals surface area (Å²) in [6.45, 7) is 1.04. The number of hydrogen-bond donors (Lipinski definition) is 3. The minimum atomic E-state index is -0.520. The molecule has 0 aromatic carbocycles. The highest BCUT2D eigenvalue weighted by Crippen LogP contribution is 2.18. The van der Waals surface area contributed by atoms with E-state index in [1.807, 2.05) is 0 Å². The Morgan fingerprint density at radius 1 is 1.50 bits per heavy atom. The van der Waals surface area contributed by atoms with Gasteiger partial charge in [-0.3, -0.25) is 10.1 Å². The van der Waals surface area contributed by atoms with Gasteiger partial charge >= 0.3 is 0 Å². The van der Waals surface area contributed by atoms with E-state index in [-0.39, 0.29) is 24.6 Å². The van der Waals surface area contributed by atoms with E-state index in [4.69, 9.17) is 10.2 Å². The van der Waals surface area contributed by atoms with Crippen LogP contribution in [0.5, 0.6) is 0 Å². The Hall–Kier alpha value is -1.73. The molecule has 0 fully saturated rings. The minimum absolute atomic E-state index is 0.0601. The molecule has 7 heteroatoms. The number of nitro groups is 1. The Labute approximate surface area is 91.9 Å². The maximum Gasteiger partial charge on any atom is 0.290 e. The summed E-state index contributed by atoms with van der Waals surface area (Å²) in [5, 5.41) is 31.0. The molecule has 3 N–H and O–H groups in total. The van der Waals surface area contributed by atoms with Gasteiger partial charge in [-0.25, -0.2) is 4.98 Å². The molecular weight excluding hydrogens is 214 g/mol. The Morgan fingerprint density at radius 2 is 2.12 bits per heavy atom. The van der Waals surface area contributed by atoms with E-state index in [2.05, 4.69) is 10.3 Å². The quantitative estimate of drug-likeness (QED) is 0.485. The van der Waals surface area contributed by atoms with E-state index in [1.54, 1.807) is 0 Å². The van der Waals surface area contributed by atoms with Crippen molar-refractivity contribution < 1.29 is 15.1 Å². The van der Waals surface area contributed by atoms with Crippen molar-refractivity contribution >= 4 is 11.5 Å². The number of aliphatic hydroxyl groups excluding tert-OH is 2. The smallest absolute Gasteiger partial charge is 0.290 e. The molecule has 0 saturated heterocycles. The number of hydrogen-bond acceptors (Lipinski definition) is 6. The van der Waals surface area contributed by atoms with Crippen LogP contribution in [-0.2, 0) is 0 Å². The van der Waals surface area contributed by atoms with Gasteiger partial charge in [-0.05, 0) is 13.0 Å². The van der Waals surface area contributed by atoms with Gasteiger partial charge in [0.1, 0.15) is 11.5 Å². The van der Waals surface area contributed by atoms with Gasteiger partial charge in [0.05, 0.1) is 24.2 Å². The van der Waals surface area contributed by atoms with Gasteiger partial charge in [0.15, 0.2) is 0 Å². The van der Waals surface area contributed by atoms with Crippen LogP contribution in [0.4, 0.5) is 11.5 Å². The lowest BCUT2D eigenvalue weighted by Crippen LogP contribution is -2.28. The molecule has 7 nitrogen and oxygen atoms in total. The van der Waals surface area contributed by atoms with E-state index in [1.165, 1.54) is 19.1 Å². The third-order valence-electron chi connectivity index (χ3n) is 2.05. The summed E-state index contributed by atoms with van der Waals surface area (Å²) in [6, 6.07) is 2.24. The molecule has 1 aromatic heterocycles. The fourth-order valence-electron chi connectivity index (χ4n) is 1.19. The number of aliphatic hydroxyl groups is 2. The highest BCUT2D eigenvalue weighted by molar-refractivity contribution is 5.45. The molecule has 0 bridgehead atoms. The first kappa shape index (κ1) is 12.3. The standard InChI is InChI=1S/C9H13N3O4/c1-6-8(12(15)16)2-3-9(10-6)11-7(4-13)5-14/h2-3,7,13-14H,4-5H2,1H3,(H,10,11). The lowest BCUT2D eigenvalue weighted by molar-refractivity contribution is -0.385. The van der Waals surface area contributed by atoms with Crippen LogP contribution >= 0.6 is 0 Å². The van der Waals surface area contributed by atoms with Crippen LogP contribution in [0.3, 0.4) is 0 Å². The second-order valence-corrected chi connectivity index (χ2v) is 3.26. The summed E-state index contributed by atoms with van der Waals surface area (Å²) >= 11 is 0. The molecule has 16 heavy (non-hydrogen) atoms. The van der Waals surface area contributed by atoms with Gasteiger partial charge in [-0.2, -0.15) is 0 Å². The minimum Gasteiger partial charge on any atom is -0.394 e. The van der Waals surface area contributed by atoms with Crippen molar-refractivity contribution in [2.24, 2.45) is 0 Å². The number of aromatic nitrogens is 1. The number of nitrogens with zero attached hydrogens (tertiary/aromatic N) is 2. The summed E-state index contributed by atoms with van der Waals surface area (Å²) in [4.78, 5) is 14.0. The first-order chi connectivity index (χ1) is 7.58. The second-order valence-electron chi connectivity index (χ2n) is 3.26. The van der Waals surface area contributed by atoms with E-state index in [0.29, 0.717) is 5.82 Å². The molecule has 0 unspecified atom stereocenters. The molecule has 1 rings (SSSR count). The number of nitrogens with one attached hydrogen (secondary N) is 1. The van der Waals surface area contributed by atoms with Crippen molar-refractivity contribution in [3.05, 3.63) is 27.9 Å². The number of pyridine rings is 1. The predicted octanol–water partition coefficient (Wildman–Crippen LogP) is 0.0633. The molecule has 1 heterocycles. The SMILES string of the molecule is Cc1nc(NC(CO)CO)ccc1[N+](=O)[O-]. The molecule has 0 aliphatic heterocycles. The van der Waals surface area contributed by atoms with Crippen LogP contribution in [0, 0.1) is 17.0 Å². The molecule has 0 amide bonds. The maximum atomic E-state index is 10.5. The van der Waals surface area contributed by atoms with Crippen molar-refractivity contribution in [3.63, 3.8) is 0 Å². The molecule has 0 aliphatic carbocycles. The zero-order chi connectivity index (χ0) is 12.1. The Bertz CT molecular complexity index is 379. The highest BCUT2D eigenvalue weighted by atomic mass is 16.6. The van der Waals surface area contributed by atoms with E-state index >= 15 is 0 Å². The highest BCUT2D eigenvalue weighted by Gasteiger charge is 2.13. The third-order valence-corrected chi connectivity index (χ3v) is 2.05. The summed E-state index contributed by atoms with van der Waals surface area (Å²) < 4.78 is 0. The third kappa shape index (κ3) is 2.88. The lowest BCUT2D eigenvalue weighted by atomic mass is 10.3. The second kappa shape index (κ2) is 5.38. The van der Waals surface area contributed by atoms with Crippen molar-refractivity contribution in [1.82, 2.24) is 4.98 Å². The zero-order valence-electron chi connectivity index (χ0n) is 8.75. The molecule has 1 aromatic rings. The van der Waals surface area contributed by atoms with E-state index < -0.39 is 11.0 Å². The van der Waals surface area contributed by atoms with Gasteiger partial charge in [0.2, 0.25) is 0 Å². The Morgan fingerprint density at radius 3 is 2.56 bits per heavy atom. The summed E-state index contributed by atoms with van der Waals surface area (Å²) in [6.07, 6.45) is 0. The summed E-state index contributed by atoms with van der Waals surface area (Å²) in [5.41, 5.74) is 0.222. The van der Waals surface area contributed by atoms with Gasteiger partial charge in [0, 0.05) is 6.07 Å². The van der Waals surface area contributed by atoms with Gasteiger partial charge in [-0.1, -0.05) is 0 Å². The normalized spacial score (nSPS) is 10.5. The number of aryl methyl sites for hydroxylation is 1. The van der Waals surface area contributed by atoms with E-state index in [0.717, 1.165) is 0 Å². The fraction of sp³-hybridized carbons (Fsp3) is 0.444. The monoisotopic (exact) mass is 227 g/mol. The first-order valence-electron chi connectivity index (χ1n) is 4.68. The van der Waals surface area contributed by atoms with Crippen LogP contribution < -0.4 is 5.32 Å². The van der Waals surface area contributed by atoms with Gasteiger partial charge < -0.3 is 15.5 Å². The molecule has 0 atom stereocenters.